The van der Waals surface area contributed by atoms with Gasteiger partial charge in [-0.15, -0.1) is 0 Å². The van der Waals surface area contributed by atoms with Crippen molar-refractivity contribution < 1.29 is 13.7 Å². The van der Waals surface area contributed by atoms with Crippen LogP contribution in [0.2, 0.25) is 0 Å². The third kappa shape index (κ3) is 5.40. The van der Waals surface area contributed by atoms with E-state index in [-0.39, 0.29) is 11.7 Å². The lowest BCUT2D eigenvalue weighted by Crippen LogP contribution is -2.21. The van der Waals surface area contributed by atoms with Gasteiger partial charge in [-0.1, -0.05) is 6.07 Å². The summed E-state index contributed by atoms with van der Waals surface area (Å²) >= 11 is 0. The number of carbonyl (C=O) groups is 1. The van der Waals surface area contributed by atoms with Gasteiger partial charge in [-0.05, 0) is 31.0 Å². The summed E-state index contributed by atoms with van der Waals surface area (Å²) in [7, 11) is 0.435. The Morgan fingerprint density at radius 2 is 2.21 bits per heavy atom. The van der Waals surface area contributed by atoms with Crippen molar-refractivity contribution in [3.8, 4) is 0 Å². The summed E-state index contributed by atoms with van der Waals surface area (Å²) in [6.07, 6.45) is 0.688. The van der Waals surface area contributed by atoms with E-state index in [0.29, 0.717) is 30.2 Å². The molecule has 0 spiro atoms. The molecule has 5 nitrogen and oxygen atoms in total. The Balaban J connectivity index is 2.47. The zero-order valence-electron chi connectivity index (χ0n) is 11.3. The molecular weight excluding hydrogens is 264 g/mol. The molecule has 0 aliphatic rings. The molecule has 0 saturated carbocycles. The maximum atomic E-state index is 11.7. The Labute approximate surface area is 116 Å². The van der Waals surface area contributed by atoms with E-state index in [0.717, 1.165) is 5.56 Å². The standard InChI is InChI=1S/C13H20N2O3S/c1-10-11(14)5-3-6-12(10)15-13(16)9-19(17)8-4-7-18-2/h3,5-6H,4,7-9,14H2,1-2H3,(H,15,16). The second-order valence-corrected chi connectivity index (χ2v) is 5.78. The molecule has 0 saturated heterocycles. The molecule has 0 heterocycles. The Morgan fingerprint density at radius 3 is 2.89 bits per heavy atom. The number of carbonyl (C=O) groups excluding carboxylic acids is 1. The minimum Gasteiger partial charge on any atom is -0.398 e. The van der Waals surface area contributed by atoms with E-state index in [1.54, 1.807) is 25.3 Å². The van der Waals surface area contributed by atoms with Crippen LogP contribution >= 0.6 is 0 Å². The van der Waals surface area contributed by atoms with Crippen molar-refractivity contribution in [3.63, 3.8) is 0 Å². The molecule has 1 rings (SSSR count). The maximum Gasteiger partial charge on any atom is 0.236 e. The number of methoxy groups -OCH3 is 1. The topological polar surface area (TPSA) is 81.4 Å². The molecule has 6 heteroatoms. The fourth-order valence-corrected chi connectivity index (χ4v) is 2.51. The highest BCUT2D eigenvalue weighted by Gasteiger charge is 2.10. The van der Waals surface area contributed by atoms with E-state index in [2.05, 4.69) is 5.32 Å². The molecule has 1 aromatic carbocycles. The van der Waals surface area contributed by atoms with Crippen LogP contribution in [0.1, 0.15) is 12.0 Å². The van der Waals surface area contributed by atoms with Gasteiger partial charge in [0.25, 0.3) is 0 Å². The first-order valence-electron chi connectivity index (χ1n) is 6.03. The molecule has 1 aromatic rings. The van der Waals surface area contributed by atoms with E-state index in [9.17, 15) is 9.00 Å². The predicted molar refractivity (Wildman–Crippen MR) is 78.6 cm³/mol. The SMILES string of the molecule is COCCCS(=O)CC(=O)Nc1cccc(N)c1C. The second kappa shape index (κ2) is 7.91. The quantitative estimate of drug-likeness (QED) is 0.584. The number of nitrogen functional groups attached to an aromatic ring is 1. The van der Waals surface area contributed by atoms with Crippen LogP contribution in [0.4, 0.5) is 11.4 Å². The first kappa shape index (κ1) is 15.7. The van der Waals surface area contributed by atoms with Gasteiger partial charge in [-0.3, -0.25) is 9.00 Å². The summed E-state index contributed by atoms with van der Waals surface area (Å²) in [5, 5.41) is 2.73. The van der Waals surface area contributed by atoms with Gasteiger partial charge in [0, 0.05) is 41.6 Å². The smallest absolute Gasteiger partial charge is 0.236 e. The molecule has 0 radical (unpaired) electrons. The van der Waals surface area contributed by atoms with Crippen LogP contribution in [-0.2, 0) is 20.3 Å². The average Bonchev–Trinajstić information content (AvgIpc) is 2.35. The Hall–Kier alpha value is -1.40. The predicted octanol–water partition coefficient (Wildman–Crippen LogP) is 1.30. The van der Waals surface area contributed by atoms with Gasteiger partial charge in [0.15, 0.2) is 0 Å². The van der Waals surface area contributed by atoms with E-state index in [4.69, 9.17) is 10.5 Å². The molecule has 3 N–H and O–H groups in total. The van der Waals surface area contributed by atoms with Crippen molar-refractivity contribution in [1.29, 1.82) is 0 Å². The Bertz CT molecular complexity index is 463. The van der Waals surface area contributed by atoms with Crippen molar-refractivity contribution in [3.05, 3.63) is 23.8 Å². The lowest BCUT2D eigenvalue weighted by molar-refractivity contribution is -0.113. The number of ether oxygens (including phenoxy) is 1. The summed E-state index contributed by atoms with van der Waals surface area (Å²) in [6, 6.07) is 5.32. The van der Waals surface area contributed by atoms with E-state index >= 15 is 0 Å². The summed E-state index contributed by atoms with van der Waals surface area (Å²) < 4.78 is 16.5. The Morgan fingerprint density at radius 1 is 1.47 bits per heavy atom. The zero-order valence-corrected chi connectivity index (χ0v) is 12.1. The lowest BCUT2D eigenvalue weighted by atomic mass is 10.1. The monoisotopic (exact) mass is 284 g/mol. The van der Waals surface area contributed by atoms with Crippen molar-refractivity contribution in [2.75, 3.05) is 36.3 Å². The fraction of sp³-hybridized carbons (Fsp3) is 0.462. The van der Waals surface area contributed by atoms with Crippen molar-refractivity contribution >= 4 is 28.1 Å². The van der Waals surface area contributed by atoms with E-state index < -0.39 is 10.8 Å². The second-order valence-electron chi connectivity index (χ2n) is 4.20. The van der Waals surface area contributed by atoms with Crippen LogP contribution in [0.3, 0.4) is 0 Å². The molecule has 0 aliphatic carbocycles. The van der Waals surface area contributed by atoms with Gasteiger partial charge < -0.3 is 15.8 Å². The van der Waals surface area contributed by atoms with Crippen molar-refractivity contribution in [2.45, 2.75) is 13.3 Å². The fourth-order valence-electron chi connectivity index (χ4n) is 1.56. The number of hydrogen-bond acceptors (Lipinski definition) is 4. The summed E-state index contributed by atoms with van der Waals surface area (Å²) in [4.78, 5) is 11.7. The molecule has 19 heavy (non-hydrogen) atoms. The van der Waals surface area contributed by atoms with Crippen molar-refractivity contribution in [1.82, 2.24) is 0 Å². The largest absolute Gasteiger partial charge is 0.398 e. The molecule has 1 unspecified atom stereocenters. The molecule has 1 atom stereocenters. The van der Waals surface area contributed by atoms with Gasteiger partial charge in [-0.25, -0.2) is 0 Å². The number of benzene rings is 1. The van der Waals surface area contributed by atoms with Crippen molar-refractivity contribution in [2.24, 2.45) is 0 Å². The van der Waals surface area contributed by atoms with Gasteiger partial charge >= 0.3 is 0 Å². The first-order valence-corrected chi connectivity index (χ1v) is 7.52. The maximum absolute atomic E-state index is 11.7. The zero-order chi connectivity index (χ0) is 14.3. The highest BCUT2D eigenvalue weighted by molar-refractivity contribution is 7.85. The number of rotatable bonds is 7. The van der Waals surface area contributed by atoms with Gasteiger partial charge in [0.05, 0.1) is 0 Å². The van der Waals surface area contributed by atoms with Crippen LogP contribution in [0.5, 0.6) is 0 Å². The number of nitrogens with one attached hydrogen (secondary N) is 1. The molecule has 0 aliphatic heterocycles. The molecule has 1 amide bonds. The molecule has 0 bridgehead atoms. The average molecular weight is 284 g/mol. The summed E-state index contributed by atoms with van der Waals surface area (Å²) in [5.41, 5.74) is 7.86. The normalized spacial score (nSPS) is 12.1. The molecular formula is C13H20N2O3S. The van der Waals surface area contributed by atoms with E-state index in [1.807, 2.05) is 6.92 Å². The minimum atomic E-state index is -1.16. The van der Waals surface area contributed by atoms with Crippen LogP contribution < -0.4 is 11.1 Å². The van der Waals surface area contributed by atoms with Crippen LogP contribution in [0.15, 0.2) is 18.2 Å². The first-order chi connectivity index (χ1) is 9.04. The highest BCUT2D eigenvalue weighted by atomic mass is 32.2. The third-order valence-corrected chi connectivity index (χ3v) is 3.99. The Kier molecular flexibility index (Phi) is 6.52. The van der Waals surface area contributed by atoms with Crippen LogP contribution in [-0.4, -0.2) is 35.3 Å². The summed E-state index contributed by atoms with van der Waals surface area (Å²) in [5.74, 6) is 0.208. The highest BCUT2D eigenvalue weighted by Crippen LogP contribution is 2.20. The lowest BCUT2D eigenvalue weighted by Gasteiger charge is -2.10. The molecule has 0 aromatic heterocycles. The number of amides is 1. The van der Waals surface area contributed by atoms with Crippen LogP contribution in [0.25, 0.3) is 0 Å². The number of nitrogens with two attached hydrogens (primary N) is 1. The molecule has 106 valence electrons. The van der Waals surface area contributed by atoms with E-state index in [1.165, 1.54) is 0 Å². The number of anilines is 2. The van der Waals surface area contributed by atoms with Gasteiger partial charge in [0.2, 0.25) is 5.91 Å². The summed E-state index contributed by atoms with van der Waals surface area (Å²) in [6.45, 7) is 2.39. The molecule has 0 fully saturated rings. The third-order valence-electron chi connectivity index (χ3n) is 2.66. The minimum absolute atomic E-state index is 0.00203. The van der Waals surface area contributed by atoms with Gasteiger partial charge in [0.1, 0.15) is 5.75 Å². The number of hydrogen-bond donors (Lipinski definition) is 2. The van der Waals surface area contributed by atoms with Gasteiger partial charge in [-0.2, -0.15) is 0 Å². The van der Waals surface area contributed by atoms with Crippen LogP contribution in [0, 0.1) is 6.92 Å².